The van der Waals surface area contributed by atoms with E-state index in [2.05, 4.69) is 17.6 Å². The van der Waals surface area contributed by atoms with E-state index in [0.29, 0.717) is 31.5 Å². The number of ether oxygens (including phenoxy) is 1. The fraction of sp³-hybridized carbons (Fsp3) is 0.545. The van der Waals surface area contributed by atoms with Crippen molar-refractivity contribution in [2.24, 2.45) is 5.92 Å². The second kappa shape index (κ2) is 16.7. The van der Waals surface area contributed by atoms with Gasteiger partial charge in [-0.25, -0.2) is 4.79 Å². The number of carbonyl (C=O) groups excluding carboxylic acids is 3. The molecule has 2 rings (SSSR count). The molecular weight excluding hydrogens is 518 g/mol. The SMILES string of the molecule is CCCCCCCN(C(=O)C(CC(C)C)NC(=O)OC(C)(C)C)C(C(=O)NCc1ccccc1)c1cccc(O)c1. The first-order valence-electron chi connectivity index (χ1n) is 14.8. The molecule has 0 saturated carbocycles. The van der Waals surface area contributed by atoms with E-state index in [1.807, 2.05) is 44.2 Å². The first kappa shape index (κ1) is 33.7. The van der Waals surface area contributed by atoms with Crippen LogP contribution >= 0.6 is 0 Å². The van der Waals surface area contributed by atoms with Crippen molar-refractivity contribution in [1.29, 1.82) is 0 Å². The number of hydrogen-bond donors (Lipinski definition) is 3. The Morgan fingerprint density at radius 3 is 2.24 bits per heavy atom. The normalized spacial score (nSPS) is 12.9. The van der Waals surface area contributed by atoms with Crippen molar-refractivity contribution in [3.63, 3.8) is 0 Å². The van der Waals surface area contributed by atoms with Gasteiger partial charge in [0, 0.05) is 13.1 Å². The van der Waals surface area contributed by atoms with E-state index in [9.17, 15) is 19.5 Å². The van der Waals surface area contributed by atoms with Crippen LogP contribution in [0.5, 0.6) is 5.75 Å². The number of nitrogens with zero attached hydrogens (tertiary/aromatic N) is 1. The van der Waals surface area contributed by atoms with Gasteiger partial charge in [-0.2, -0.15) is 0 Å². The van der Waals surface area contributed by atoms with Crippen molar-refractivity contribution in [2.45, 2.75) is 104 Å². The summed E-state index contributed by atoms with van der Waals surface area (Å²) in [4.78, 5) is 42.5. The molecule has 0 aliphatic rings. The largest absolute Gasteiger partial charge is 0.508 e. The van der Waals surface area contributed by atoms with E-state index >= 15 is 0 Å². The third kappa shape index (κ3) is 12.2. The van der Waals surface area contributed by atoms with Gasteiger partial charge in [-0.1, -0.05) is 88.9 Å². The second-order valence-electron chi connectivity index (χ2n) is 12.0. The van der Waals surface area contributed by atoms with Crippen LogP contribution in [0.15, 0.2) is 54.6 Å². The van der Waals surface area contributed by atoms with Crippen LogP contribution in [0, 0.1) is 5.92 Å². The van der Waals surface area contributed by atoms with Gasteiger partial charge in [-0.3, -0.25) is 9.59 Å². The summed E-state index contributed by atoms with van der Waals surface area (Å²) in [5.74, 6) is -0.620. The predicted molar refractivity (Wildman–Crippen MR) is 162 cm³/mol. The number of aromatic hydroxyl groups is 1. The molecule has 2 atom stereocenters. The summed E-state index contributed by atoms with van der Waals surface area (Å²) < 4.78 is 5.47. The molecule has 0 radical (unpaired) electrons. The summed E-state index contributed by atoms with van der Waals surface area (Å²) in [5.41, 5.74) is 0.700. The van der Waals surface area contributed by atoms with Crippen LogP contribution in [0.2, 0.25) is 0 Å². The Kier molecular flexibility index (Phi) is 13.7. The minimum atomic E-state index is -1.00. The Hall–Kier alpha value is -3.55. The lowest BCUT2D eigenvalue weighted by Gasteiger charge is -2.35. The standard InChI is InChI=1S/C33H49N3O5/c1-7-8-9-10-14-20-36(31(39)28(21-24(2)3)35-32(40)41-33(4,5)6)29(26-18-15-19-27(37)22-26)30(38)34-23-25-16-12-11-13-17-25/h11-13,15-19,22,24,28-29,37H,7-10,14,20-21,23H2,1-6H3,(H,34,38)(H,35,40). The van der Waals surface area contributed by atoms with Gasteiger partial charge >= 0.3 is 6.09 Å². The maximum absolute atomic E-state index is 14.3. The highest BCUT2D eigenvalue weighted by Crippen LogP contribution is 2.27. The lowest BCUT2D eigenvalue weighted by molar-refractivity contribution is -0.143. The Morgan fingerprint density at radius 1 is 0.951 bits per heavy atom. The molecule has 41 heavy (non-hydrogen) atoms. The van der Waals surface area contributed by atoms with E-state index in [-0.39, 0.29) is 23.5 Å². The molecule has 0 spiro atoms. The zero-order valence-electron chi connectivity index (χ0n) is 25.6. The quantitative estimate of drug-likeness (QED) is 0.213. The smallest absolute Gasteiger partial charge is 0.408 e. The van der Waals surface area contributed by atoms with Crippen molar-refractivity contribution in [1.82, 2.24) is 15.5 Å². The zero-order valence-corrected chi connectivity index (χ0v) is 25.6. The molecule has 8 heteroatoms. The average Bonchev–Trinajstić information content (AvgIpc) is 2.89. The molecule has 0 aromatic heterocycles. The van der Waals surface area contributed by atoms with Crippen LogP contribution in [0.4, 0.5) is 4.79 Å². The number of amides is 3. The first-order valence-corrected chi connectivity index (χ1v) is 14.8. The molecule has 0 heterocycles. The molecule has 2 aromatic rings. The van der Waals surface area contributed by atoms with Gasteiger partial charge in [-0.15, -0.1) is 0 Å². The van der Waals surface area contributed by atoms with Crippen molar-refractivity contribution in [3.8, 4) is 5.75 Å². The van der Waals surface area contributed by atoms with Crippen molar-refractivity contribution in [2.75, 3.05) is 6.54 Å². The number of benzene rings is 2. The number of phenols is 1. The minimum Gasteiger partial charge on any atom is -0.508 e. The Bertz CT molecular complexity index is 1100. The Balaban J connectivity index is 2.46. The summed E-state index contributed by atoms with van der Waals surface area (Å²) in [7, 11) is 0. The number of hydrogen-bond acceptors (Lipinski definition) is 5. The maximum atomic E-state index is 14.3. The fourth-order valence-electron chi connectivity index (χ4n) is 4.64. The highest BCUT2D eigenvalue weighted by molar-refractivity contribution is 5.92. The molecule has 8 nitrogen and oxygen atoms in total. The number of carbonyl (C=O) groups is 3. The van der Waals surface area contributed by atoms with Gasteiger partial charge in [0.1, 0.15) is 23.4 Å². The fourth-order valence-corrected chi connectivity index (χ4v) is 4.64. The van der Waals surface area contributed by atoms with Crippen LogP contribution in [0.3, 0.4) is 0 Å². The molecule has 0 fully saturated rings. The van der Waals surface area contributed by atoms with E-state index < -0.39 is 23.8 Å². The van der Waals surface area contributed by atoms with Crippen molar-refractivity contribution >= 4 is 17.9 Å². The van der Waals surface area contributed by atoms with Crippen LogP contribution in [0.25, 0.3) is 0 Å². The lowest BCUT2D eigenvalue weighted by atomic mass is 9.98. The third-order valence-electron chi connectivity index (χ3n) is 6.54. The summed E-state index contributed by atoms with van der Waals surface area (Å²) >= 11 is 0. The molecular formula is C33H49N3O5. The predicted octanol–water partition coefficient (Wildman–Crippen LogP) is 6.49. The third-order valence-corrected chi connectivity index (χ3v) is 6.54. The molecule has 3 N–H and O–H groups in total. The zero-order chi connectivity index (χ0) is 30.4. The van der Waals surface area contributed by atoms with E-state index in [1.165, 1.54) is 12.1 Å². The molecule has 2 aromatic carbocycles. The van der Waals surface area contributed by atoms with Gasteiger partial charge in [0.15, 0.2) is 0 Å². The molecule has 0 bridgehead atoms. The van der Waals surface area contributed by atoms with Gasteiger partial charge < -0.3 is 25.4 Å². The highest BCUT2D eigenvalue weighted by Gasteiger charge is 2.36. The van der Waals surface area contributed by atoms with Crippen LogP contribution in [-0.4, -0.2) is 46.1 Å². The maximum Gasteiger partial charge on any atom is 0.408 e. The molecule has 3 amide bonds. The van der Waals surface area contributed by atoms with E-state index in [0.717, 1.165) is 31.2 Å². The monoisotopic (exact) mass is 567 g/mol. The van der Waals surface area contributed by atoms with Gasteiger partial charge in [0.2, 0.25) is 11.8 Å². The van der Waals surface area contributed by atoms with Gasteiger partial charge in [0.25, 0.3) is 0 Å². The lowest BCUT2D eigenvalue weighted by Crippen LogP contribution is -2.53. The van der Waals surface area contributed by atoms with Crippen LogP contribution < -0.4 is 10.6 Å². The summed E-state index contributed by atoms with van der Waals surface area (Å²) in [6, 6.07) is 14.1. The highest BCUT2D eigenvalue weighted by atomic mass is 16.6. The number of nitrogens with one attached hydrogen (secondary N) is 2. The number of rotatable bonds is 15. The minimum absolute atomic E-state index is 0.00399. The van der Waals surface area contributed by atoms with Crippen LogP contribution in [-0.2, 0) is 20.9 Å². The number of alkyl carbamates (subject to hydrolysis) is 1. The van der Waals surface area contributed by atoms with Gasteiger partial charge in [-0.05, 0) is 62.8 Å². The van der Waals surface area contributed by atoms with E-state index in [4.69, 9.17) is 4.74 Å². The van der Waals surface area contributed by atoms with Gasteiger partial charge in [0.05, 0.1) is 0 Å². The average molecular weight is 568 g/mol. The van der Waals surface area contributed by atoms with Crippen molar-refractivity contribution in [3.05, 3.63) is 65.7 Å². The molecule has 2 unspecified atom stereocenters. The van der Waals surface area contributed by atoms with Crippen molar-refractivity contribution < 1.29 is 24.2 Å². The second-order valence-corrected chi connectivity index (χ2v) is 12.0. The molecule has 0 aliphatic carbocycles. The Labute approximate surface area is 245 Å². The Morgan fingerprint density at radius 2 is 1.63 bits per heavy atom. The number of unbranched alkanes of at least 4 members (excludes halogenated alkanes) is 4. The summed E-state index contributed by atoms with van der Waals surface area (Å²) in [6.07, 6.45) is 4.52. The van der Waals surface area contributed by atoms with Crippen LogP contribution in [0.1, 0.15) is 97.2 Å². The topological polar surface area (TPSA) is 108 Å². The molecule has 0 saturated heterocycles. The van der Waals surface area contributed by atoms with E-state index in [1.54, 1.807) is 37.8 Å². The first-order chi connectivity index (χ1) is 19.4. The number of phenolic OH excluding ortho intramolecular Hbond substituents is 1. The molecule has 226 valence electrons. The molecule has 0 aliphatic heterocycles. The summed E-state index contributed by atoms with van der Waals surface area (Å²) in [6.45, 7) is 12.0. The summed E-state index contributed by atoms with van der Waals surface area (Å²) in [5, 5.41) is 16.1.